The Morgan fingerprint density at radius 1 is 1.30 bits per heavy atom. The van der Waals surface area contributed by atoms with Crippen molar-refractivity contribution in [1.82, 2.24) is 9.61 Å². The van der Waals surface area contributed by atoms with Gasteiger partial charge in [-0.3, -0.25) is 0 Å². The summed E-state index contributed by atoms with van der Waals surface area (Å²) in [6, 6.07) is 10.5. The number of fused-ring (bicyclic) bond motifs is 1. The zero-order valence-corrected chi connectivity index (χ0v) is 10.6. The van der Waals surface area contributed by atoms with Crippen molar-refractivity contribution in [3.8, 4) is 11.3 Å². The predicted octanol–water partition coefficient (Wildman–Crippen LogP) is 1.74. The van der Waals surface area contributed by atoms with Crippen LogP contribution in [-0.2, 0) is 4.74 Å². The van der Waals surface area contributed by atoms with Crippen LogP contribution in [-0.4, -0.2) is 22.7 Å². The average molecular weight is 270 g/mol. The molecule has 0 bridgehead atoms. The maximum atomic E-state index is 11.9. The van der Waals surface area contributed by atoms with Crippen molar-refractivity contribution in [3.63, 3.8) is 0 Å². The topological polar surface area (TPSA) is 73.8 Å². The van der Waals surface area contributed by atoms with Crippen LogP contribution in [0.25, 0.3) is 16.8 Å². The number of carbonyl (C=O) groups excluding carboxylic acids is 1. The number of rotatable bonds is 2. The highest BCUT2D eigenvalue weighted by atomic mass is 16.5. The fraction of sp³-hybridized carbons (Fsp3) is 0.0714. The number of methoxy groups -OCH3 is 1. The molecule has 0 saturated heterocycles. The lowest BCUT2D eigenvalue weighted by Crippen LogP contribution is -2.05. The van der Waals surface area contributed by atoms with E-state index in [1.165, 1.54) is 17.7 Å². The van der Waals surface area contributed by atoms with Crippen molar-refractivity contribution in [3.05, 3.63) is 58.7 Å². The van der Waals surface area contributed by atoms with Gasteiger partial charge in [-0.25, -0.2) is 14.1 Å². The van der Waals surface area contributed by atoms with Gasteiger partial charge in [0.05, 0.1) is 13.3 Å². The summed E-state index contributed by atoms with van der Waals surface area (Å²) in [6.07, 6.45) is 1.55. The van der Waals surface area contributed by atoms with Crippen LogP contribution in [0.2, 0.25) is 0 Å². The Kier molecular flexibility index (Phi) is 2.83. The van der Waals surface area contributed by atoms with Crippen LogP contribution in [0, 0.1) is 0 Å². The molecule has 3 aromatic rings. The lowest BCUT2D eigenvalue weighted by Gasteiger charge is -2.00. The standard InChI is InChI=1S/C14H10N2O4/c1-19-13(17)10-7-11-14(18)20-12(8-16(11)15-10)9-5-3-2-4-6-9/h2-8H,1H3. The Bertz CT molecular complexity index is 833. The summed E-state index contributed by atoms with van der Waals surface area (Å²) in [5.41, 5.74) is 0.436. The molecule has 0 radical (unpaired) electrons. The molecule has 0 aliphatic heterocycles. The molecule has 0 aliphatic rings. The van der Waals surface area contributed by atoms with Crippen molar-refractivity contribution in [2.24, 2.45) is 0 Å². The van der Waals surface area contributed by atoms with Gasteiger partial charge >= 0.3 is 11.6 Å². The minimum atomic E-state index is -0.602. The van der Waals surface area contributed by atoms with E-state index in [9.17, 15) is 9.59 Å². The molecule has 0 atom stereocenters. The molecule has 0 spiro atoms. The molecule has 3 rings (SSSR count). The van der Waals surface area contributed by atoms with E-state index in [4.69, 9.17) is 4.42 Å². The van der Waals surface area contributed by atoms with E-state index in [1.807, 2.05) is 30.3 Å². The van der Waals surface area contributed by atoms with E-state index in [2.05, 4.69) is 9.84 Å². The second kappa shape index (κ2) is 4.65. The Hall–Kier alpha value is -2.89. The number of esters is 1. The quantitative estimate of drug-likeness (QED) is 0.663. The van der Waals surface area contributed by atoms with Crippen LogP contribution in [0.3, 0.4) is 0 Å². The zero-order chi connectivity index (χ0) is 14.1. The molecule has 0 saturated carbocycles. The summed E-state index contributed by atoms with van der Waals surface area (Å²) in [4.78, 5) is 23.3. The first-order chi connectivity index (χ1) is 9.69. The Labute approximate surface area is 113 Å². The minimum Gasteiger partial charge on any atom is -0.464 e. The van der Waals surface area contributed by atoms with Gasteiger partial charge in [0.1, 0.15) is 0 Å². The van der Waals surface area contributed by atoms with Gasteiger partial charge in [-0.15, -0.1) is 0 Å². The van der Waals surface area contributed by atoms with E-state index in [0.29, 0.717) is 5.76 Å². The van der Waals surface area contributed by atoms with Crippen molar-refractivity contribution in [1.29, 1.82) is 0 Å². The molecular formula is C14H10N2O4. The summed E-state index contributed by atoms with van der Waals surface area (Å²) in [6.45, 7) is 0. The summed E-state index contributed by atoms with van der Waals surface area (Å²) in [7, 11) is 1.25. The van der Waals surface area contributed by atoms with E-state index in [1.54, 1.807) is 6.20 Å². The van der Waals surface area contributed by atoms with Gasteiger partial charge in [0.25, 0.3) is 0 Å². The number of carbonyl (C=O) groups is 1. The smallest absolute Gasteiger partial charge is 0.362 e. The summed E-state index contributed by atoms with van der Waals surface area (Å²) < 4.78 is 11.1. The molecule has 0 unspecified atom stereocenters. The second-order valence-electron chi connectivity index (χ2n) is 4.10. The number of nitrogens with zero attached hydrogens (tertiary/aromatic N) is 2. The molecule has 20 heavy (non-hydrogen) atoms. The van der Waals surface area contributed by atoms with Gasteiger partial charge in [-0.05, 0) is 0 Å². The van der Waals surface area contributed by atoms with Gasteiger partial charge in [0.2, 0.25) is 0 Å². The third kappa shape index (κ3) is 1.97. The van der Waals surface area contributed by atoms with Gasteiger partial charge in [0.15, 0.2) is 17.0 Å². The predicted molar refractivity (Wildman–Crippen MR) is 70.5 cm³/mol. The number of benzene rings is 1. The summed E-state index contributed by atoms with van der Waals surface area (Å²) in [5.74, 6) is -0.225. The van der Waals surface area contributed by atoms with E-state index < -0.39 is 11.6 Å². The summed E-state index contributed by atoms with van der Waals surface area (Å²) >= 11 is 0. The van der Waals surface area contributed by atoms with E-state index in [0.717, 1.165) is 5.56 Å². The molecule has 2 aromatic heterocycles. The van der Waals surface area contributed by atoms with Gasteiger partial charge < -0.3 is 9.15 Å². The average Bonchev–Trinajstić information content (AvgIpc) is 2.92. The third-order valence-corrected chi connectivity index (χ3v) is 2.84. The highest BCUT2D eigenvalue weighted by Crippen LogP contribution is 2.17. The van der Waals surface area contributed by atoms with Crippen LogP contribution in [0.15, 0.2) is 51.8 Å². The van der Waals surface area contributed by atoms with Gasteiger partial charge in [0, 0.05) is 11.6 Å². The van der Waals surface area contributed by atoms with Crippen LogP contribution in [0.4, 0.5) is 0 Å². The van der Waals surface area contributed by atoms with Crippen molar-refractivity contribution in [2.75, 3.05) is 7.11 Å². The molecule has 0 amide bonds. The van der Waals surface area contributed by atoms with Crippen molar-refractivity contribution >= 4 is 11.5 Å². The van der Waals surface area contributed by atoms with Crippen LogP contribution in [0.5, 0.6) is 0 Å². The highest BCUT2D eigenvalue weighted by molar-refractivity contribution is 5.88. The number of hydrogen-bond donors (Lipinski definition) is 0. The van der Waals surface area contributed by atoms with Crippen molar-refractivity contribution < 1.29 is 13.9 Å². The minimum absolute atomic E-state index is 0.0602. The van der Waals surface area contributed by atoms with Crippen molar-refractivity contribution in [2.45, 2.75) is 0 Å². The van der Waals surface area contributed by atoms with Gasteiger partial charge in [-0.2, -0.15) is 5.10 Å². The number of hydrogen-bond acceptors (Lipinski definition) is 5. The van der Waals surface area contributed by atoms with E-state index in [-0.39, 0.29) is 11.2 Å². The number of ether oxygens (including phenoxy) is 1. The molecular weight excluding hydrogens is 260 g/mol. The van der Waals surface area contributed by atoms with E-state index >= 15 is 0 Å². The SMILES string of the molecule is COC(=O)c1cc2c(=O)oc(-c3ccccc3)cn2n1. The third-order valence-electron chi connectivity index (χ3n) is 2.84. The molecule has 2 heterocycles. The van der Waals surface area contributed by atoms with Crippen LogP contribution in [0.1, 0.15) is 10.5 Å². The van der Waals surface area contributed by atoms with Gasteiger partial charge in [-0.1, -0.05) is 30.3 Å². The molecule has 0 fully saturated rings. The zero-order valence-electron chi connectivity index (χ0n) is 10.6. The molecule has 0 N–H and O–H groups in total. The highest BCUT2D eigenvalue weighted by Gasteiger charge is 2.15. The first-order valence-corrected chi connectivity index (χ1v) is 5.86. The molecule has 6 heteroatoms. The van der Waals surface area contributed by atoms with Crippen LogP contribution < -0.4 is 5.63 Å². The summed E-state index contributed by atoms with van der Waals surface area (Å²) in [5, 5.41) is 4.01. The monoisotopic (exact) mass is 270 g/mol. The largest absolute Gasteiger partial charge is 0.464 e. The maximum Gasteiger partial charge on any atom is 0.362 e. The first-order valence-electron chi connectivity index (χ1n) is 5.86. The Morgan fingerprint density at radius 2 is 2.05 bits per heavy atom. The lowest BCUT2D eigenvalue weighted by atomic mass is 10.2. The number of aromatic nitrogens is 2. The molecule has 100 valence electrons. The van der Waals surface area contributed by atoms with Crippen LogP contribution >= 0.6 is 0 Å². The first kappa shape index (κ1) is 12.2. The Balaban J connectivity index is 2.19. The molecule has 6 nitrogen and oxygen atoms in total. The fourth-order valence-corrected chi connectivity index (χ4v) is 1.88. The second-order valence-corrected chi connectivity index (χ2v) is 4.10. The molecule has 0 aliphatic carbocycles. The Morgan fingerprint density at radius 3 is 2.75 bits per heavy atom. The maximum absolute atomic E-state index is 11.9. The normalized spacial score (nSPS) is 10.7. The molecule has 1 aromatic carbocycles. The fourth-order valence-electron chi connectivity index (χ4n) is 1.88. The lowest BCUT2D eigenvalue weighted by molar-refractivity contribution is 0.0593.